The Bertz CT molecular complexity index is 971. The van der Waals surface area contributed by atoms with E-state index in [1.807, 2.05) is 73.7 Å². The molecule has 1 heterocycles. The van der Waals surface area contributed by atoms with E-state index >= 15 is 0 Å². The van der Waals surface area contributed by atoms with Crippen molar-refractivity contribution in [1.82, 2.24) is 5.32 Å². The zero-order chi connectivity index (χ0) is 19.3. The molecule has 3 aromatic rings. The summed E-state index contributed by atoms with van der Waals surface area (Å²) in [6.45, 7) is 2.70. The molecule has 5 nitrogen and oxygen atoms in total. The van der Waals surface area contributed by atoms with Crippen LogP contribution in [0, 0.1) is 0 Å². The molecule has 144 valence electrons. The number of carbonyl (C=O) groups is 1. The molecular formula is C23H23NO4. The average molecular weight is 377 g/mol. The van der Waals surface area contributed by atoms with E-state index in [4.69, 9.17) is 14.2 Å². The Morgan fingerprint density at radius 1 is 1.07 bits per heavy atom. The molecule has 0 radical (unpaired) electrons. The fourth-order valence-electron chi connectivity index (χ4n) is 3.22. The summed E-state index contributed by atoms with van der Waals surface area (Å²) in [7, 11) is 0. The van der Waals surface area contributed by atoms with Gasteiger partial charge in [-0.25, -0.2) is 0 Å². The zero-order valence-corrected chi connectivity index (χ0v) is 15.8. The lowest BCUT2D eigenvalue weighted by molar-refractivity contribution is -0.128. The van der Waals surface area contributed by atoms with Gasteiger partial charge in [0.05, 0.1) is 6.54 Å². The largest absolute Gasteiger partial charge is 0.486 e. The maximum atomic E-state index is 12.6. The first-order chi connectivity index (χ1) is 13.7. The van der Waals surface area contributed by atoms with Crippen LogP contribution >= 0.6 is 0 Å². The maximum Gasteiger partial charge on any atom is 0.261 e. The number of amides is 1. The van der Waals surface area contributed by atoms with Crippen LogP contribution < -0.4 is 19.5 Å². The summed E-state index contributed by atoms with van der Waals surface area (Å²) in [4.78, 5) is 12.6. The van der Waals surface area contributed by atoms with E-state index in [0.717, 1.165) is 16.5 Å². The molecule has 0 saturated heterocycles. The monoisotopic (exact) mass is 377 g/mol. The maximum absolute atomic E-state index is 12.6. The highest BCUT2D eigenvalue weighted by molar-refractivity contribution is 5.84. The summed E-state index contributed by atoms with van der Waals surface area (Å²) < 4.78 is 17.5. The van der Waals surface area contributed by atoms with Crippen LogP contribution in [-0.4, -0.2) is 31.3 Å². The highest BCUT2D eigenvalue weighted by Gasteiger charge is 2.24. The SMILES string of the molecule is CC[C@H](Oc1ccc2ccccc2c1)C(=O)NC[C@H]1COc2ccccc2O1. The second-order valence-electron chi connectivity index (χ2n) is 6.77. The number of fused-ring (bicyclic) bond motifs is 2. The van der Waals surface area contributed by atoms with Crippen LogP contribution in [0.1, 0.15) is 13.3 Å². The van der Waals surface area contributed by atoms with Gasteiger partial charge in [-0.3, -0.25) is 4.79 Å². The summed E-state index contributed by atoms with van der Waals surface area (Å²) in [6, 6.07) is 21.5. The number of hydrogen-bond donors (Lipinski definition) is 1. The van der Waals surface area contributed by atoms with Gasteiger partial charge in [-0.15, -0.1) is 0 Å². The van der Waals surface area contributed by atoms with E-state index in [-0.39, 0.29) is 12.0 Å². The van der Waals surface area contributed by atoms with Gasteiger partial charge in [-0.05, 0) is 41.5 Å². The number of ether oxygens (including phenoxy) is 3. The smallest absolute Gasteiger partial charge is 0.261 e. The third-order valence-electron chi connectivity index (χ3n) is 4.73. The van der Waals surface area contributed by atoms with Crippen LogP contribution in [0.5, 0.6) is 17.2 Å². The van der Waals surface area contributed by atoms with Gasteiger partial charge in [-0.1, -0.05) is 49.4 Å². The molecule has 1 amide bonds. The molecule has 3 aromatic carbocycles. The Labute approximate surface area is 164 Å². The van der Waals surface area contributed by atoms with Gasteiger partial charge in [0.25, 0.3) is 5.91 Å². The second-order valence-corrected chi connectivity index (χ2v) is 6.77. The molecule has 0 saturated carbocycles. The third kappa shape index (κ3) is 4.03. The first kappa shape index (κ1) is 18.2. The number of nitrogens with one attached hydrogen (secondary N) is 1. The van der Waals surface area contributed by atoms with E-state index in [1.54, 1.807) is 0 Å². The van der Waals surface area contributed by atoms with Gasteiger partial charge >= 0.3 is 0 Å². The fourth-order valence-corrected chi connectivity index (χ4v) is 3.22. The molecule has 28 heavy (non-hydrogen) atoms. The van der Waals surface area contributed by atoms with Crippen molar-refractivity contribution < 1.29 is 19.0 Å². The molecular weight excluding hydrogens is 354 g/mol. The molecule has 4 rings (SSSR count). The highest BCUT2D eigenvalue weighted by Crippen LogP contribution is 2.30. The molecule has 1 aliphatic rings. The van der Waals surface area contributed by atoms with E-state index in [1.165, 1.54) is 0 Å². The minimum Gasteiger partial charge on any atom is -0.486 e. The minimum atomic E-state index is -0.557. The lowest BCUT2D eigenvalue weighted by atomic mass is 10.1. The highest BCUT2D eigenvalue weighted by atomic mass is 16.6. The third-order valence-corrected chi connectivity index (χ3v) is 4.73. The lowest BCUT2D eigenvalue weighted by Gasteiger charge is -2.27. The van der Waals surface area contributed by atoms with Crippen molar-refractivity contribution in [3.05, 3.63) is 66.7 Å². The van der Waals surface area contributed by atoms with Gasteiger partial charge in [0.15, 0.2) is 17.6 Å². The van der Waals surface area contributed by atoms with Crippen molar-refractivity contribution in [2.24, 2.45) is 0 Å². The van der Waals surface area contributed by atoms with E-state index < -0.39 is 6.10 Å². The minimum absolute atomic E-state index is 0.155. The van der Waals surface area contributed by atoms with Crippen LogP contribution in [0.25, 0.3) is 10.8 Å². The number of benzene rings is 3. The summed E-state index contributed by atoms with van der Waals surface area (Å²) in [5.74, 6) is 1.97. The lowest BCUT2D eigenvalue weighted by Crippen LogP contribution is -2.45. The molecule has 0 unspecified atom stereocenters. The Hall–Kier alpha value is -3.21. The van der Waals surface area contributed by atoms with Gasteiger partial charge in [0.2, 0.25) is 0 Å². The molecule has 0 bridgehead atoms. The average Bonchev–Trinajstić information content (AvgIpc) is 2.75. The van der Waals surface area contributed by atoms with Gasteiger partial charge in [0, 0.05) is 0 Å². The molecule has 2 atom stereocenters. The normalized spacial score (nSPS) is 16.4. The van der Waals surface area contributed by atoms with Crippen molar-refractivity contribution >= 4 is 16.7 Å². The molecule has 0 spiro atoms. The van der Waals surface area contributed by atoms with Crippen LogP contribution in [-0.2, 0) is 4.79 Å². The molecule has 0 aliphatic carbocycles. The first-order valence-corrected chi connectivity index (χ1v) is 9.54. The summed E-state index contributed by atoms with van der Waals surface area (Å²) >= 11 is 0. The summed E-state index contributed by atoms with van der Waals surface area (Å²) in [5.41, 5.74) is 0. The Morgan fingerprint density at radius 3 is 2.64 bits per heavy atom. The number of para-hydroxylation sites is 2. The Balaban J connectivity index is 1.35. The van der Waals surface area contributed by atoms with Crippen molar-refractivity contribution in [1.29, 1.82) is 0 Å². The Morgan fingerprint density at radius 2 is 1.82 bits per heavy atom. The molecule has 1 aliphatic heterocycles. The van der Waals surface area contributed by atoms with E-state index in [2.05, 4.69) is 5.32 Å². The zero-order valence-electron chi connectivity index (χ0n) is 15.8. The van der Waals surface area contributed by atoms with E-state index in [9.17, 15) is 4.79 Å². The Kier molecular flexibility index (Phi) is 5.33. The van der Waals surface area contributed by atoms with Crippen molar-refractivity contribution in [2.75, 3.05) is 13.2 Å². The second kappa shape index (κ2) is 8.21. The van der Waals surface area contributed by atoms with Crippen LogP contribution in [0.3, 0.4) is 0 Å². The summed E-state index contributed by atoms with van der Waals surface area (Å²) in [6.07, 6.45) is -0.209. The molecule has 5 heteroatoms. The molecule has 0 fully saturated rings. The van der Waals surface area contributed by atoms with Crippen LogP contribution in [0.15, 0.2) is 66.7 Å². The number of rotatable bonds is 6. The fraction of sp³-hybridized carbons (Fsp3) is 0.261. The van der Waals surface area contributed by atoms with Crippen molar-refractivity contribution in [3.8, 4) is 17.2 Å². The van der Waals surface area contributed by atoms with Crippen molar-refractivity contribution in [3.63, 3.8) is 0 Å². The standard InChI is InChI=1S/C23H23NO4/c1-2-20(27-18-12-11-16-7-3-4-8-17(16)13-18)23(25)24-14-19-15-26-21-9-5-6-10-22(21)28-19/h3-13,19-20H,2,14-15H2,1H3,(H,24,25)/t19-,20-/m0/s1. The van der Waals surface area contributed by atoms with Crippen LogP contribution in [0.2, 0.25) is 0 Å². The molecule has 0 aromatic heterocycles. The van der Waals surface area contributed by atoms with Crippen molar-refractivity contribution in [2.45, 2.75) is 25.6 Å². The predicted molar refractivity (Wildman–Crippen MR) is 108 cm³/mol. The predicted octanol–water partition coefficient (Wildman–Crippen LogP) is 3.95. The van der Waals surface area contributed by atoms with Crippen LogP contribution in [0.4, 0.5) is 0 Å². The number of hydrogen-bond acceptors (Lipinski definition) is 4. The quantitative estimate of drug-likeness (QED) is 0.707. The van der Waals surface area contributed by atoms with E-state index in [0.29, 0.717) is 31.1 Å². The summed E-state index contributed by atoms with van der Waals surface area (Å²) in [5, 5.41) is 5.15. The number of carbonyl (C=O) groups excluding carboxylic acids is 1. The molecule has 1 N–H and O–H groups in total. The van der Waals surface area contributed by atoms with Gasteiger partial charge in [-0.2, -0.15) is 0 Å². The van der Waals surface area contributed by atoms with Gasteiger partial charge in [0.1, 0.15) is 18.5 Å². The van der Waals surface area contributed by atoms with Gasteiger partial charge < -0.3 is 19.5 Å². The topological polar surface area (TPSA) is 56.8 Å². The first-order valence-electron chi connectivity index (χ1n) is 9.54.